The zero-order valence-electron chi connectivity index (χ0n) is 19.8. The van der Waals surface area contributed by atoms with E-state index in [0.29, 0.717) is 42.7 Å². The van der Waals surface area contributed by atoms with Crippen LogP contribution in [0.2, 0.25) is 0 Å². The van der Waals surface area contributed by atoms with Crippen LogP contribution in [0.25, 0.3) is 0 Å². The van der Waals surface area contributed by atoms with Crippen LogP contribution >= 0.6 is 0 Å². The molecule has 2 saturated carbocycles. The van der Waals surface area contributed by atoms with Crippen molar-refractivity contribution in [1.82, 2.24) is 0 Å². The Kier molecular flexibility index (Phi) is 6.14. The van der Waals surface area contributed by atoms with Gasteiger partial charge in [0.25, 0.3) is 0 Å². The highest BCUT2D eigenvalue weighted by molar-refractivity contribution is 5.20. The van der Waals surface area contributed by atoms with Gasteiger partial charge in [-0.05, 0) is 38.5 Å². The second-order valence-electron chi connectivity index (χ2n) is 11.2. The fourth-order valence-electron chi connectivity index (χ4n) is 7.60. The van der Waals surface area contributed by atoms with E-state index in [9.17, 15) is 0 Å². The molecule has 9 nitrogen and oxygen atoms in total. The molecule has 12 atom stereocenters. The van der Waals surface area contributed by atoms with Gasteiger partial charge in [0.1, 0.15) is 12.2 Å². The summed E-state index contributed by atoms with van der Waals surface area (Å²) in [6.45, 7) is 2.44. The van der Waals surface area contributed by atoms with Crippen LogP contribution in [0.3, 0.4) is 0 Å². The molecule has 0 aromatic heterocycles. The lowest BCUT2D eigenvalue weighted by molar-refractivity contribution is -0.191. The summed E-state index contributed by atoms with van der Waals surface area (Å²) in [5, 5.41) is 9.01. The molecule has 8 fully saturated rings. The van der Waals surface area contributed by atoms with E-state index in [1.807, 2.05) is 0 Å². The van der Waals surface area contributed by atoms with Gasteiger partial charge in [-0.25, -0.2) is 0 Å². The number of aliphatic hydroxyl groups is 1. The summed E-state index contributed by atoms with van der Waals surface area (Å²) < 4.78 is 35.9. The Bertz CT molecular complexity index is 793. The Morgan fingerprint density at radius 2 is 1.18 bits per heavy atom. The fourth-order valence-corrected chi connectivity index (χ4v) is 7.60. The average molecular weight is 481 g/mol. The first-order valence-corrected chi connectivity index (χ1v) is 13.1. The first kappa shape index (κ1) is 23.5. The molecule has 2 aliphatic carbocycles. The number of ether oxygens (including phenoxy) is 6. The van der Waals surface area contributed by atoms with Gasteiger partial charge in [0.2, 0.25) is 0 Å². The Hall–Kier alpha value is -0.900. The topological polar surface area (TPSA) is 116 Å². The molecule has 0 aromatic rings. The van der Waals surface area contributed by atoms with E-state index in [-0.39, 0.29) is 42.3 Å². The zero-order chi connectivity index (χ0) is 23.5. The van der Waals surface area contributed by atoms with Crippen molar-refractivity contribution in [3.63, 3.8) is 0 Å². The van der Waals surface area contributed by atoms with Gasteiger partial charge < -0.3 is 33.5 Å². The van der Waals surface area contributed by atoms with E-state index in [1.54, 1.807) is 0 Å². The molecule has 0 amide bonds. The number of fused-ring (bicyclic) bond motifs is 6. The van der Waals surface area contributed by atoms with Gasteiger partial charge in [-0.15, -0.1) is 0 Å². The molecule has 0 aromatic carbocycles. The molecule has 1 N–H and O–H groups in total. The molecule has 190 valence electrons. The summed E-state index contributed by atoms with van der Waals surface area (Å²) in [5.41, 5.74) is -0.0539. The predicted molar refractivity (Wildman–Crippen MR) is 114 cm³/mol. The van der Waals surface area contributed by atoms with Crippen molar-refractivity contribution < 1.29 is 43.1 Å². The molecule has 6 saturated heterocycles. The third kappa shape index (κ3) is 3.98. The minimum atomic E-state index is -0.0829. The number of hydrogen-bond donors (Lipinski definition) is 1. The minimum absolute atomic E-state index is 0.0290. The van der Waals surface area contributed by atoms with Crippen LogP contribution in [0, 0.1) is 0 Å². The largest absolute Gasteiger partial charge is 0.396 e. The van der Waals surface area contributed by atoms with Gasteiger partial charge in [0.05, 0.1) is 60.0 Å². The quantitative estimate of drug-likeness (QED) is 0.602. The molecule has 8 aliphatic rings. The molecule has 8 rings (SSSR count). The van der Waals surface area contributed by atoms with Crippen molar-refractivity contribution in [2.45, 2.75) is 143 Å². The van der Waals surface area contributed by atoms with Crippen LogP contribution in [-0.2, 0) is 38.0 Å². The van der Waals surface area contributed by atoms with Crippen molar-refractivity contribution in [3.05, 3.63) is 0 Å². The summed E-state index contributed by atoms with van der Waals surface area (Å²) >= 11 is 0. The summed E-state index contributed by atoms with van der Waals surface area (Å²) in [6, 6.07) is 0. The normalized spacial score (nSPS) is 54.4. The van der Waals surface area contributed by atoms with Crippen LogP contribution in [0.15, 0.2) is 0 Å². The standard InChI is InChI=1S/C12H18O4.C12H18O3.CO2/c13-4-3-7-1-2-10-12(16-7)5-8(14-10)11-9(6-12)15-11;1-2-7-3-4-10-12(15-7)5-8(13-10)11-9(6-12)14-11;2-1-3/h7-11,13H,1-6H2;7-11H,2-6H2,1H3;/t7-,8-,9-,10+,11?,12-;7-,8+,9+,10-,11?,12+;/m10./s1. The Labute approximate surface area is 199 Å². The van der Waals surface area contributed by atoms with Crippen molar-refractivity contribution in [2.75, 3.05) is 6.61 Å². The fraction of sp³-hybridized carbons (Fsp3) is 0.960. The SMILES string of the molecule is CC[C@H]1CC[C@@H]2O[C@@H]3C[C@]2(C[C@H]2OC23)O1.O=C=O.OCC[C@H]1CC[C@@H]2O[C@@H]3C[C@]2(C[C@H]2OC23)O1. The Balaban J connectivity index is 0.000000115. The summed E-state index contributed by atoms with van der Waals surface area (Å²) in [7, 11) is 0. The van der Waals surface area contributed by atoms with Crippen LogP contribution in [0.1, 0.15) is 71.1 Å². The van der Waals surface area contributed by atoms with Gasteiger partial charge in [0, 0.05) is 32.3 Å². The number of hydrogen-bond acceptors (Lipinski definition) is 9. The lowest BCUT2D eigenvalue weighted by Gasteiger charge is -2.42. The molecule has 0 radical (unpaired) electrons. The molecule has 2 spiro atoms. The third-order valence-electron chi connectivity index (χ3n) is 9.23. The number of rotatable bonds is 3. The Morgan fingerprint density at radius 1 is 0.735 bits per heavy atom. The molecule has 6 aliphatic heterocycles. The Morgan fingerprint density at radius 3 is 1.65 bits per heavy atom. The minimum Gasteiger partial charge on any atom is -0.396 e. The van der Waals surface area contributed by atoms with Gasteiger partial charge in [-0.3, -0.25) is 0 Å². The lowest BCUT2D eigenvalue weighted by Crippen LogP contribution is -2.50. The van der Waals surface area contributed by atoms with Gasteiger partial charge in [-0.1, -0.05) is 6.92 Å². The van der Waals surface area contributed by atoms with Crippen LogP contribution in [0.4, 0.5) is 0 Å². The summed E-state index contributed by atoms with van der Waals surface area (Å²) in [6.07, 6.45) is 14.3. The molecular weight excluding hydrogens is 444 g/mol. The van der Waals surface area contributed by atoms with Crippen LogP contribution in [0.5, 0.6) is 0 Å². The maximum atomic E-state index is 9.01. The number of aliphatic hydroxyl groups excluding tert-OH is 1. The van der Waals surface area contributed by atoms with E-state index >= 15 is 0 Å². The van der Waals surface area contributed by atoms with Gasteiger partial charge >= 0.3 is 6.15 Å². The smallest absolute Gasteiger partial charge is 0.373 e. The van der Waals surface area contributed by atoms with Crippen molar-refractivity contribution in [3.8, 4) is 0 Å². The average Bonchev–Trinajstić information content (AvgIpc) is 3.70. The molecule has 4 bridgehead atoms. The zero-order valence-corrected chi connectivity index (χ0v) is 19.8. The highest BCUT2D eigenvalue weighted by atomic mass is 16.7. The summed E-state index contributed by atoms with van der Waals surface area (Å²) in [5.74, 6) is 0. The molecule has 34 heavy (non-hydrogen) atoms. The van der Waals surface area contributed by atoms with E-state index in [2.05, 4.69) is 6.92 Å². The van der Waals surface area contributed by atoms with E-state index < -0.39 is 0 Å². The second kappa shape index (κ2) is 8.89. The van der Waals surface area contributed by atoms with E-state index in [0.717, 1.165) is 51.4 Å². The highest BCUT2D eigenvalue weighted by Gasteiger charge is 2.67. The maximum Gasteiger partial charge on any atom is 0.373 e. The van der Waals surface area contributed by atoms with Gasteiger partial charge in [-0.2, -0.15) is 9.59 Å². The van der Waals surface area contributed by atoms with Crippen LogP contribution < -0.4 is 0 Å². The molecular formula is C25H36O9. The molecule has 6 heterocycles. The van der Waals surface area contributed by atoms with Crippen molar-refractivity contribution in [2.24, 2.45) is 0 Å². The van der Waals surface area contributed by atoms with Crippen LogP contribution in [-0.4, -0.2) is 90.1 Å². The molecule has 9 heteroatoms. The molecule has 2 unspecified atom stereocenters. The third-order valence-corrected chi connectivity index (χ3v) is 9.23. The number of carbonyl (C=O) groups excluding carboxylic acids is 2. The lowest BCUT2D eigenvalue weighted by atomic mass is 9.78. The number of epoxide rings is 2. The monoisotopic (exact) mass is 480 g/mol. The van der Waals surface area contributed by atoms with Crippen molar-refractivity contribution >= 4 is 6.15 Å². The van der Waals surface area contributed by atoms with Gasteiger partial charge in [0.15, 0.2) is 0 Å². The van der Waals surface area contributed by atoms with E-state index in [4.69, 9.17) is 43.1 Å². The maximum absolute atomic E-state index is 9.01. The summed E-state index contributed by atoms with van der Waals surface area (Å²) in [4.78, 5) is 16.2. The first-order valence-electron chi connectivity index (χ1n) is 13.1. The van der Waals surface area contributed by atoms with E-state index in [1.165, 1.54) is 12.8 Å². The highest BCUT2D eigenvalue weighted by Crippen LogP contribution is 2.56. The van der Waals surface area contributed by atoms with Crippen molar-refractivity contribution in [1.29, 1.82) is 0 Å². The first-order chi connectivity index (χ1) is 16.5. The second-order valence-corrected chi connectivity index (χ2v) is 11.2. The predicted octanol–water partition coefficient (Wildman–Crippen LogP) is 1.67.